The summed E-state index contributed by atoms with van der Waals surface area (Å²) in [5.41, 5.74) is 2.60. The second-order valence-electron chi connectivity index (χ2n) is 5.97. The summed E-state index contributed by atoms with van der Waals surface area (Å²) in [6.07, 6.45) is 1.84. The van der Waals surface area contributed by atoms with Crippen LogP contribution in [0.3, 0.4) is 0 Å². The minimum Gasteiger partial charge on any atom is -0.193 e. The van der Waals surface area contributed by atoms with Crippen LogP contribution < -0.4 is 0 Å². The number of nitriles is 1. The van der Waals surface area contributed by atoms with Crippen molar-refractivity contribution in [3.8, 4) is 6.07 Å². The fourth-order valence-electron chi connectivity index (χ4n) is 3.32. The molecule has 23 heavy (non-hydrogen) atoms. The number of allylic oxidation sites excluding steroid dienone is 3. The molecule has 0 saturated heterocycles. The number of hydrogen-bond acceptors (Lipinski definition) is 1. The Bertz CT molecular complexity index is 1080. The van der Waals surface area contributed by atoms with Crippen molar-refractivity contribution in [2.24, 2.45) is 0 Å². The average Bonchev–Trinajstić information content (AvgIpc) is 2.59. The molecule has 0 atom stereocenters. The summed E-state index contributed by atoms with van der Waals surface area (Å²) in [4.78, 5) is 0. The van der Waals surface area contributed by atoms with Gasteiger partial charge in [0.05, 0.1) is 6.07 Å². The van der Waals surface area contributed by atoms with Gasteiger partial charge in [0, 0.05) is 5.57 Å². The molecule has 0 saturated carbocycles. The molecule has 4 aromatic rings. The van der Waals surface area contributed by atoms with E-state index >= 15 is 0 Å². The summed E-state index contributed by atoms with van der Waals surface area (Å²) in [5.74, 6) is 0. The fourth-order valence-corrected chi connectivity index (χ4v) is 3.32. The SMILES string of the molecule is C=C(/C=C(\C)C#N)c1cc2ccc3cccc4ccc(c1)c2c34. The van der Waals surface area contributed by atoms with Crippen LogP contribution in [0.4, 0.5) is 0 Å². The molecule has 0 aliphatic rings. The summed E-state index contributed by atoms with van der Waals surface area (Å²) >= 11 is 0. The molecular weight excluding hydrogens is 278 g/mol. The molecule has 0 fully saturated rings. The van der Waals surface area contributed by atoms with E-state index in [9.17, 15) is 0 Å². The summed E-state index contributed by atoms with van der Waals surface area (Å²) in [7, 11) is 0. The van der Waals surface area contributed by atoms with Crippen molar-refractivity contribution in [3.05, 3.63) is 78.4 Å². The van der Waals surface area contributed by atoms with Crippen LogP contribution in [0.2, 0.25) is 0 Å². The van der Waals surface area contributed by atoms with Gasteiger partial charge in [-0.05, 0) is 68.6 Å². The summed E-state index contributed by atoms with van der Waals surface area (Å²) in [6.45, 7) is 5.92. The highest BCUT2D eigenvalue weighted by atomic mass is 14.2. The minimum atomic E-state index is 0.667. The van der Waals surface area contributed by atoms with Gasteiger partial charge in [-0.3, -0.25) is 0 Å². The van der Waals surface area contributed by atoms with E-state index in [0.717, 1.165) is 11.1 Å². The van der Waals surface area contributed by atoms with Gasteiger partial charge in [0.25, 0.3) is 0 Å². The van der Waals surface area contributed by atoms with Crippen LogP contribution in [0.1, 0.15) is 12.5 Å². The molecule has 0 spiro atoms. The lowest BCUT2D eigenvalue weighted by Gasteiger charge is -2.12. The van der Waals surface area contributed by atoms with Gasteiger partial charge < -0.3 is 0 Å². The van der Waals surface area contributed by atoms with Gasteiger partial charge in [-0.25, -0.2) is 0 Å². The Morgan fingerprint density at radius 3 is 2.00 bits per heavy atom. The van der Waals surface area contributed by atoms with Crippen LogP contribution in [-0.4, -0.2) is 0 Å². The first-order valence-electron chi connectivity index (χ1n) is 7.62. The fraction of sp³-hybridized carbons (Fsp3) is 0.0455. The Labute approximate surface area is 135 Å². The lowest BCUT2D eigenvalue weighted by molar-refractivity contribution is 1.44. The van der Waals surface area contributed by atoms with Crippen LogP contribution in [0, 0.1) is 11.3 Å². The van der Waals surface area contributed by atoms with Crippen molar-refractivity contribution in [1.29, 1.82) is 5.26 Å². The van der Waals surface area contributed by atoms with Crippen LogP contribution in [0.5, 0.6) is 0 Å². The van der Waals surface area contributed by atoms with Gasteiger partial charge >= 0.3 is 0 Å². The first-order valence-corrected chi connectivity index (χ1v) is 7.62. The van der Waals surface area contributed by atoms with E-state index in [-0.39, 0.29) is 0 Å². The van der Waals surface area contributed by atoms with E-state index in [0.29, 0.717) is 5.57 Å². The smallest absolute Gasteiger partial charge is 0.0944 e. The molecule has 0 N–H and O–H groups in total. The van der Waals surface area contributed by atoms with Crippen molar-refractivity contribution in [3.63, 3.8) is 0 Å². The maximum absolute atomic E-state index is 8.96. The third kappa shape index (κ3) is 2.08. The monoisotopic (exact) mass is 293 g/mol. The molecule has 0 heterocycles. The standard InChI is InChI=1S/C22H15N/c1-14(13-23)10-15(2)20-11-18-8-6-16-4-3-5-17-7-9-19(12-20)22(18)21(16)17/h3-12H,2H2,1H3/b14-10+. The van der Waals surface area contributed by atoms with Crippen molar-refractivity contribution >= 4 is 37.9 Å². The molecule has 4 rings (SSSR count). The zero-order valence-electron chi connectivity index (χ0n) is 12.9. The van der Waals surface area contributed by atoms with Crippen molar-refractivity contribution < 1.29 is 0 Å². The normalized spacial score (nSPS) is 12.1. The van der Waals surface area contributed by atoms with Crippen molar-refractivity contribution in [2.45, 2.75) is 6.92 Å². The number of benzene rings is 4. The highest BCUT2D eigenvalue weighted by Gasteiger charge is 2.09. The van der Waals surface area contributed by atoms with Crippen molar-refractivity contribution in [2.75, 3.05) is 0 Å². The van der Waals surface area contributed by atoms with Crippen molar-refractivity contribution in [1.82, 2.24) is 0 Å². The zero-order chi connectivity index (χ0) is 16.0. The lowest BCUT2D eigenvalue weighted by atomic mass is 9.91. The van der Waals surface area contributed by atoms with Gasteiger partial charge in [-0.2, -0.15) is 5.26 Å². The average molecular weight is 293 g/mol. The van der Waals surface area contributed by atoms with Gasteiger partial charge in [0.1, 0.15) is 0 Å². The predicted octanol–water partition coefficient (Wildman–Crippen LogP) is 6.07. The van der Waals surface area contributed by atoms with Gasteiger partial charge in [-0.1, -0.05) is 49.0 Å². The molecule has 0 aromatic heterocycles. The largest absolute Gasteiger partial charge is 0.193 e. The molecule has 0 unspecified atom stereocenters. The number of rotatable bonds is 2. The third-order valence-electron chi connectivity index (χ3n) is 4.40. The Balaban J connectivity index is 2.05. The topological polar surface area (TPSA) is 23.8 Å². The number of hydrogen-bond donors (Lipinski definition) is 0. The Hall–Kier alpha value is -3.11. The third-order valence-corrected chi connectivity index (χ3v) is 4.40. The maximum Gasteiger partial charge on any atom is 0.0944 e. The van der Waals surface area contributed by atoms with Crippen LogP contribution >= 0.6 is 0 Å². The van der Waals surface area contributed by atoms with E-state index in [1.165, 1.54) is 32.3 Å². The van der Waals surface area contributed by atoms with Gasteiger partial charge in [-0.15, -0.1) is 0 Å². The van der Waals surface area contributed by atoms with E-state index in [1.807, 2.05) is 6.08 Å². The molecule has 108 valence electrons. The molecule has 0 aliphatic carbocycles. The highest BCUT2D eigenvalue weighted by Crippen LogP contribution is 2.36. The first-order chi connectivity index (χ1) is 11.2. The predicted molar refractivity (Wildman–Crippen MR) is 98.6 cm³/mol. The second kappa shape index (κ2) is 4.97. The second-order valence-corrected chi connectivity index (χ2v) is 5.97. The Morgan fingerprint density at radius 1 is 0.913 bits per heavy atom. The van der Waals surface area contributed by atoms with E-state index in [2.05, 4.69) is 67.2 Å². The Kier molecular flexibility index (Phi) is 2.93. The van der Waals surface area contributed by atoms with Gasteiger partial charge in [0.15, 0.2) is 0 Å². The molecular formula is C22H15N. The zero-order valence-corrected chi connectivity index (χ0v) is 12.9. The van der Waals surface area contributed by atoms with Crippen LogP contribution in [0.15, 0.2) is 72.8 Å². The minimum absolute atomic E-state index is 0.667. The molecule has 1 nitrogen and oxygen atoms in total. The summed E-state index contributed by atoms with van der Waals surface area (Å²) in [5, 5.41) is 16.6. The summed E-state index contributed by atoms with van der Waals surface area (Å²) in [6, 6.07) is 21.6. The molecule has 0 aliphatic heterocycles. The Morgan fingerprint density at radius 2 is 1.43 bits per heavy atom. The van der Waals surface area contributed by atoms with Crippen LogP contribution in [-0.2, 0) is 0 Å². The van der Waals surface area contributed by atoms with Gasteiger partial charge in [0.2, 0.25) is 0 Å². The molecule has 1 heteroatoms. The number of nitrogens with zero attached hydrogens (tertiary/aromatic N) is 1. The summed E-state index contributed by atoms with van der Waals surface area (Å²) < 4.78 is 0. The quantitative estimate of drug-likeness (QED) is 0.250. The lowest BCUT2D eigenvalue weighted by Crippen LogP contribution is -1.87. The van der Waals surface area contributed by atoms with Crippen LogP contribution in [0.25, 0.3) is 37.9 Å². The highest BCUT2D eigenvalue weighted by molar-refractivity contribution is 6.23. The van der Waals surface area contributed by atoms with E-state index in [4.69, 9.17) is 5.26 Å². The molecule has 4 aromatic carbocycles. The molecule has 0 bridgehead atoms. The molecule has 0 amide bonds. The maximum atomic E-state index is 8.96. The molecule has 0 radical (unpaired) electrons. The first kappa shape index (κ1) is 13.5. The van der Waals surface area contributed by atoms with E-state index < -0.39 is 0 Å². The van der Waals surface area contributed by atoms with E-state index in [1.54, 1.807) is 6.92 Å².